The maximum atomic E-state index is 14.4. The molecule has 0 bridgehead atoms. The van der Waals surface area contributed by atoms with Gasteiger partial charge in [-0.1, -0.05) is 0 Å². The molecule has 0 radical (unpaired) electrons. The Morgan fingerprint density at radius 1 is 1.19 bits per heavy atom. The van der Waals surface area contributed by atoms with Crippen LogP contribution in [-0.2, 0) is 0 Å². The van der Waals surface area contributed by atoms with Gasteiger partial charge in [0.05, 0.1) is 10.0 Å². The Morgan fingerprint density at radius 2 is 1.96 bits per heavy atom. The van der Waals surface area contributed by atoms with Crippen molar-refractivity contribution < 1.29 is 18.3 Å². The lowest BCUT2D eigenvalue weighted by Gasteiger charge is -2.11. The van der Waals surface area contributed by atoms with Crippen LogP contribution in [0, 0.1) is 11.6 Å². The minimum Gasteiger partial charge on any atom is -0.453 e. The molecule has 0 saturated carbocycles. The molecule has 7 heteroatoms. The standard InChI is InChI=1S/C19H15BrF2N2O2/c1-24(2)8-6-17(25)13-9-11(3-4-14(13)21)26-19-15(22)10-16-12(18(19)20)5-7-23-16/h3-10,23H,1-2H3/b8-6+. The Kier molecular flexibility index (Phi) is 5.08. The van der Waals surface area contributed by atoms with Crippen molar-refractivity contribution in [2.24, 2.45) is 0 Å². The highest BCUT2D eigenvalue weighted by Crippen LogP contribution is 2.38. The molecule has 4 nitrogen and oxygen atoms in total. The van der Waals surface area contributed by atoms with E-state index in [4.69, 9.17) is 4.74 Å². The maximum Gasteiger partial charge on any atom is 0.190 e. The van der Waals surface area contributed by atoms with Crippen molar-refractivity contribution in [2.45, 2.75) is 0 Å². The first-order chi connectivity index (χ1) is 12.4. The number of allylic oxidation sites excluding steroid dienone is 1. The van der Waals surface area contributed by atoms with E-state index < -0.39 is 17.4 Å². The molecule has 2 aromatic carbocycles. The van der Waals surface area contributed by atoms with Crippen molar-refractivity contribution in [2.75, 3.05) is 14.1 Å². The molecule has 0 aliphatic carbocycles. The molecule has 0 atom stereocenters. The van der Waals surface area contributed by atoms with Crippen molar-refractivity contribution in [3.05, 3.63) is 70.5 Å². The van der Waals surface area contributed by atoms with Crippen LogP contribution in [0.5, 0.6) is 11.5 Å². The molecule has 0 amide bonds. The van der Waals surface area contributed by atoms with E-state index in [9.17, 15) is 13.6 Å². The molecule has 26 heavy (non-hydrogen) atoms. The topological polar surface area (TPSA) is 45.3 Å². The fraction of sp³-hybridized carbons (Fsp3) is 0.105. The van der Waals surface area contributed by atoms with E-state index >= 15 is 0 Å². The van der Waals surface area contributed by atoms with Crippen LogP contribution in [-0.4, -0.2) is 29.8 Å². The summed E-state index contributed by atoms with van der Waals surface area (Å²) in [5, 5.41) is 0.744. The normalized spacial score (nSPS) is 11.3. The van der Waals surface area contributed by atoms with Crippen LogP contribution in [0.1, 0.15) is 10.4 Å². The van der Waals surface area contributed by atoms with Gasteiger partial charge in [0.15, 0.2) is 17.3 Å². The highest BCUT2D eigenvalue weighted by atomic mass is 79.9. The van der Waals surface area contributed by atoms with Gasteiger partial charge in [0.1, 0.15) is 11.6 Å². The summed E-state index contributed by atoms with van der Waals surface area (Å²) >= 11 is 3.33. The fourth-order valence-electron chi connectivity index (χ4n) is 2.39. The predicted octanol–water partition coefficient (Wildman–Crippen LogP) is 5.26. The Hall–Kier alpha value is -2.67. The van der Waals surface area contributed by atoms with Crippen LogP contribution in [0.3, 0.4) is 0 Å². The number of aromatic amines is 1. The summed E-state index contributed by atoms with van der Waals surface area (Å²) < 4.78 is 34.4. The smallest absolute Gasteiger partial charge is 0.190 e. The first kappa shape index (κ1) is 18.1. The summed E-state index contributed by atoms with van der Waals surface area (Å²) in [7, 11) is 3.49. The lowest BCUT2D eigenvalue weighted by Crippen LogP contribution is -2.04. The molecule has 0 spiro atoms. The van der Waals surface area contributed by atoms with Gasteiger partial charge in [-0.3, -0.25) is 4.79 Å². The number of benzene rings is 2. The lowest BCUT2D eigenvalue weighted by molar-refractivity contribution is 0.104. The average Bonchev–Trinajstić information content (AvgIpc) is 3.06. The summed E-state index contributed by atoms with van der Waals surface area (Å²) in [4.78, 5) is 16.7. The number of halogens is 3. The van der Waals surface area contributed by atoms with E-state index in [0.717, 1.165) is 11.5 Å². The minimum absolute atomic E-state index is 0.0362. The first-order valence-electron chi connectivity index (χ1n) is 7.68. The molecular weight excluding hydrogens is 406 g/mol. The minimum atomic E-state index is -0.675. The van der Waals surface area contributed by atoms with Crippen molar-refractivity contribution in [3.8, 4) is 11.5 Å². The molecule has 0 unspecified atom stereocenters. The van der Waals surface area contributed by atoms with Gasteiger partial charge in [-0.2, -0.15) is 0 Å². The van der Waals surface area contributed by atoms with Gasteiger partial charge < -0.3 is 14.6 Å². The summed E-state index contributed by atoms with van der Waals surface area (Å²) in [5.74, 6) is -1.65. The zero-order valence-electron chi connectivity index (χ0n) is 14.0. The van der Waals surface area contributed by atoms with E-state index in [1.807, 2.05) is 0 Å². The Balaban J connectivity index is 1.96. The number of carbonyl (C=O) groups excluding carboxylic acids is 1. The van der Waals surface area contributed by atoms with E-state index in [0.29, 0.717) is 9.99 Å². The number of rotatable bonds is 5. The van der Waals surface area contributed by atoms with Gasteiger partial charge in [0, 0.05) is 49.5 Å². The van der Waals surface area contributed by atoms with Crippen molar-refractivity contribution in [3.63, 3.8) is 0 Å². The van der Waals surface area contributed by atoms with Gasteiger partial charge in [-0.05, 0) is 40.2 Å². The summed E-state index contributed by atoms with van der Waals surface area (Å²) in [6, 6.07) is 6.80. The largest absolute Gasteiger partial charge is 0.453 e. The fourth-order valence-corrected chi connectivity index (χ4v) is 3.00. The average molecular weight is 421 g/mol. The predicted molar refractivity (Wildman–Crippen MR) is 99.6 cm³/mol. The van der Waals surface area contributed by atoms with Crippen LogP contribution in [0.4, 0.5) is 8.78 Å². The quantitative estimate of drug-likeness (QED) is 0.452. The molecule has 1 heterocycles. The van der Waals surface area contributed by atoms with Crippen molar-refractivity contribution in [1.82, 2.24) is 9.88 Å². The van der Waals surface area contributed by atoms with Crippen molar-refractivity contribution in [1.29, 1.82) is 0 Å². The third-order valence-corrected chi connectivity index (χ3v) is 4.44. The second-order valence-corrected chi connectivity index (χ2v) is 6.62. The highest BCUT2D eigenvalue weighted by Gasteiger charge is 2.17. The number of nitrogens with one attached hydrogen (secondary N) is 1. The number of fused-ring (bicyclic) bond motifs is 1. The molecule has 134 valence electrons. The number of carbonyl (C=O) groups is 1. The molecule has 0 saturated heterocycles. The van der Waals surface area contributed by atoms with E-state index in [1.54, 1.807) is 31.3 Å². The Morgan fingerprint density at radius 3 is 2.69 bits per heavy atom. The summed E-state index contributed by atoms with van der Waals surface area (Å²) in [6.45, 7) is 0. The van der Waals surface area contributed by atoms with Gasteiger partial charge in [0.25, 0.3) is 0 Å². The molecule has 0 fully saturated rings. The van der Waals surface area contributed by atoms with E-state index in [-0.39, 0.29) is 17.1 Å². The third kappa shape index (κ3) is 3.62. The van der Waals surface area contributed by atoms with Gasteiger partial charge in [0.2, 0.25) is 0 Å². The summed E-state index contributed by atoms with van der Waals surface area (Å²) in [5.41, 5.74) is 0.463. The zero-order chi connectivity index (χ0) is 18.8. The molecule has 1 N–H and O–H groups in total. The molecule has 0 aliphatic rings. The van der Waals surface area contributed by atoms with E-state index in [2.05, 4.69) is 20.9 Å². The monoisotopic (exact) mass is 420 g/mol. The molecule has 3 rings (SSSR count). The second-order valence-electron chi connectivity index (χ2n) is 5.83. The molecule has 0 aliphatic heterocycles. The van der Waals surface area contributed by atoms with E-state index in [1.165, 1.54) is 30.5 Å². The van der Waals surface area contributed by atoms with Crippen molar-refractivity contribution >= 4 is 32.6 Å². The van der Waals surface area contributed by atoms with Gasteiger partial charge >= 0.3 is 0 Å². The SMILES string of the molecule is CN(C)/C=C/C(=O)c1cc(Oc2c(F)cc3[nH]ccc3c2Br)ccc1F. The summed E-state index contributed by atoms with van der Waals surface area (Å²) in [6.07, 6.45) is 4.46. The number of aromatic nitrogens is 1. The number of H-pyrrole nitrogens is 1. The van der Waals surface area contributed by atoms with Crippen LogP contribution >= 0.6 is 15.9 Å². The van der Waals surface area contributed by atoms with Crippen LogP contribution in [0.2, 0.25) is 0 Å². The van der Waals surface area contributed by atoms with Gasteiger partial charge in [-0.15, -0.1) is 0 Å². The molecule has 3 aromatic rings. The zero-order valence-corrected chi connectivity index (χ0v) is 15.6. The number of hydrogen-bond donors (Lipinski definition) is 1. The third-order valence-electron chi connectivity index (χ3n) is 3.65. The van der Waals surface area contributed by atoms with Gasteiger partial charge in [-0.25, -0.2) is 8.78 Å². The second kappa shape index (κ2) is 7.29. The highest BCUT2D eigenvalue weighted by molar-refractivity contribution is 9.10. The Bertz CT molecular complexity index is 1010. The van der Waals surface area contributed by atoms with Crippen LogP contribution in [0.15, 0.2) is 53.3 Å². The first-order valence-corrected chi connectivity index (χ1v) is 8.47. The molecular formula is C19H15BrF2N2O2. The maximum absolute atomic E-state index is 14.4. The number of ether oxygens (including phenoxy) is 1. The lowest BCUT2D eigenvalue weighted by atomic mass is 10.1. The number of nitrogens with zero attached hydrogens (tertiary/aromatic N) is 1. The van der Waals surface area contributed by atoms with Crippen LogP contribution in [0.25, 0.3) is 10.9 Å². The number of ketones is 1. The van der Waals surface area contributed by atoms with Crippen LogP contribution < -0.4 is 4.74 Å². The number of hydrogen-bond acceptors (Lipinski definition) is 3. The Labute approximate surface area is 157 Å². The molecule has 1 aromatic heterocycles.